The minimum Gasteiger partial charge on any atom is -0.373 e. The van der Waals surface area contributed by atoms with E-state index in [1.165, 1.54) is 0 Å². The summed E-state index contributed by atoms with van der Waals surface area (Å²) in [6.07, 6.45) is 8.32. The van der Waals surface area contributed by atoms with E-state index in [0.29, 0.717) is 33.7 Å². The van der Waals surface area contributed by atoms with Gasteiger partial charge in [-0.3, -0.25) is 9.48 Å². The Balaban J connectivity index is 1.50. The largest absolute Gasteiger partial charge is 0.373 e. The average molecular weight is 488 g/mol. The van der Waals surface area contributed by atoms with Crippen LogP contribution in [0.4, 0.5) is 15.8 Å². The van der Waals surface area contributed by atoms with Crippen LogP contribution in [0.1, 0.15) is 38.1 Å². The smallest absolute Gasteiger partial charge is 0.261 e. The maximum atomic E-state index is 15.6. The van der Waals surface area contributed by atoms with Crippen molar-refractivity contribution >= 4 is 33.4 Å². The third-order valence-electron chi connectivity index (χ3n) is 6.63. The molecule has 0 aliphatic carbocycles. The maximum Gasteiger partial charge on any atom is 0.261 e. The Morgan fingerprint density at radius 2 is 1.89 bits per heavy atom. The number of nitrogens with one attached hydrogen (secondary N) is 3. The molecule has 11 heteroatoms. The molecule has 1 atom stereocenters. The van der Waals surface area contributed by atoms with Crippen molar-refractivity contribution in [3.63, 3.8) is 0 Å². The van der Waals surface area contributed by atoms with Crippen molar-refractivity contribution in [2.24, 2.45) is 7.05 Å². The van der Waals surface area contributed by atoms with Crippen molar-refractivity contribution in [1.82, 2.24) is 34.7 Å². The SMILES string of the molecule is CC(Nc1c(-c2nc3ccc(N4CCCCC4)c(F)c3[nH]2)c(=O)[nH]c2cn(C)nc12)c1ncccn1. The highest BCUT2D eigenvalue weighted by atomic mass is 19.1. The van der Waals surface area contributed by atoms with Crippen LogP contribution in [-0.4, -0.2) is 47.8 Å². The summed E-state index contributed by atoms with van der Waals surface area (Å²) in [4.78, 5) is 34.6. The number of nitrogens with zero attached hydrogens (tertiary/aromatic N) is 6. The number of aryl methyl sites for hydroxylation is 1. The van der Waals surface area contributed by atoms with Gasteiger partial charge in [0.2, 0.25) is 0 Å². The van der Waals surface area contributed by atoms with Crippen LogP contribution in [0, 0.1) is 5.82 Å². The molecule has 1 saturated heterocycles. The van der Waals surface area contributed by atoms with Crippen molar-refractivity contribution in [2.75, 3.05) is 23.3 Å². The summed E-state index contributed by atoms with van der Waals surface area (Å²) in [7, 11) is 1.78. The van der Waals surface area contributed by atoms with Crippen LogP contribution >= 0.6 is 0 Å². The summed E-state index contributed by atoms with van der Waals surface area (Å²) in [6, 6.07) is 4.98. The number of hydrogen-bond donors (Lipinski definition) is 3. The highest BCUT2D eigenvalue weighted by Crippen LogP contribution is 2.34. The molecule has 3 N–H and O–H groups in total. The first-order valence-corrected chi connectivity index (χ1v) is 12.1. The number of aromatic amines is 2. The minimum absolute atomic E-state index is 0.249. The van der Waals surface area contributed by atoms with E-state index in [4.69, 9.17) is 0 Å². The number of hydrogen-bond acceptors (Lipinski definition) is 7. The molecule has 1 fully saturated rings. The number of aromatic nitrogens is 7. The van der Waals surface area contributed by atoms with E-state index in [-0.39, 0.29) is 34.3 Å². The van der Waals surface area contributed by atoms with Gasteiger partial charge in [-0.1, -0.05) is 0 Å². The van der Waals surface area contributed by atoms with E-state index in [1.54, 1.807) is 48.5 Å². The second-order valence-electron chi connectivity index (χ2n) is 9.17. The maximum absolute atomic E-state index is 15.6. The lowest BCUT2D eigenvalue weighted by Crippen LogP contribution is -2.30. The summed E-state index contributed by atoms with van der Waals surface area (Å²) in [5, 5.41) is 7.92. The second-order valence-corrected chi connectivity index (χ2v) is 9.17. The topological polar surface area (TPSA) is 120 Å². The molecule has 0 amide bonds. The molecule has 0 saturated carbocycles. The van der Waals surface area contributed by atoms with Gasteiger partial charge in [0.1, 0.15) is 28.2 Å². The fourth-order valence-corrected chi connectivity index (χ4v) is 4.89. The third kappa shape index (κ3) is 3.76. The van der Waals surface area contributed by atoms with E-state index < -0.39 is 0 Å². The lowest BCUT2D eigenvalue weighted by atomic mass is 10.1. The quantitative estimate of drug-likeness (QED) is 0.344. The summed E-state index contributed by atoms with van der Waals surface area (Å²) in [5.41, 5.74) is 2.78. The lowest BCUT2D eigenvalue weighted by Gasteiger charge is -2.29. The Labute approximate surface area is 205 Å². The molecule has 0 radical (unpaired) electrons. The number of anilines is 2. The number of benzene rings is 1. The molecule has 36 heavy (non-hydrogen) atoms. The zero-order valence-electron chi connectivity index (χ0n) is 20.0. The van der Waals surface area contributed by atoms with E-state index >= 15 is 4.39 Å². The fourth-order valence-electron chi connectivity index (χ4n) is 4.89. The summed E-state index contributed by atoms with van der Waals surface area (Å²) < 4.78 is 17.3. The number of rotatable bonds is 5. The first kappa shape index (κ1) is 22.2. The second kappa shape index (κ2) is 8.74. The zero-order chi connectivity index (χ0) is 24.8. The molecule has 1 aliphatic heterocycles. The van der Waals surface area contributed by atoms with Crippen LogP contribution < -0.4 is 15.8 Å². The number of imidazole rings is 1. The molecule has 1 aliphatic rings. The predicted octanol–water partition coefficient (Wildman–Crippen LogP) is 3.90. The first-order chi connectivity index (χ1) is 17.5. The molecule has 184 valence electrons. The van der Waals surface area contributed by atoms with Crippen molar-refractivity contribution < 1.29 is 4.39 Å². The van der Waals surface area contributed by atoms with Crippen LogP contribution in [0.3, 0.4) is 0 Å². The summed E-state index contributed by atoms with van der Waals surface area (Å²) in [6.45, 7) is 3.55. The van der Waals surface area contributed by atoms with Gasteiger partial charge in [0.25, 0.3) is 5.56 Å². The number of piperidine rings is 1. The number of halogens is 1. The summed E-state index contributed by atoms with van der Waals surface area (Å²) >= 11 is 0. The van der Waals surface area contributed by atoms with Crippen LogP contribution in [0.15, 0.2) is 41.6 Å². The normalized spacial score (nSPS) is 15.0. The standard InChI is InChI=1S/C25H26FN9O/c1-14(23-27-9-6-10-28-23)29-22-18(25(36)31-16-13-34(2)33-21(16)22)24-30-15-7-8-17(19(26)20(15)32-24)35-11-4-3-5-12-35/h6-10,13-14,29H,3-5,11-12H2,1-2H3,(H,30,32)(H,31,36). The molecule has 4 aromatic heterocycles. The monoisotopic (exact) mass is 487 g/mol. The van der Waals surface area contributed by atoms with Gasteiger partial charge in [0, 0.05) is 38.7 Å². The molecule has 6 rings (SSSR count). The van der Waals surface area contributed by atoms with E-state index in [0.717, 1.165) is 32.4 Å². The van der Waals surface area contributed by atoms with Crippen LogP contribution in [-0.2, 0) is 7.05 Å². The van der Waals surface area contributed by atoms with Crippen LogP contribution in [0.5, 0.6) is 0 Å². The Morgan fingerprint density at radius 1 is 1.11 bits per heavy atom. The molecule has 10 nitrogen and oxygen atoms in total. The molecule has 0 bridgehead atoms. The first-order valence-electron chi connectivity index (χ1n) is 12.1. The highest BCUT2D eigenvalue weighted by Gasteiger charge is 2.24. The third-order valence-corrected chi connectivity index (χ3v) is 6.63. The highest BCUT2D eigenvalue weighted by molar-refractivity contribution is 5.97. The molecule has 0 spiro atoms. The molecule has 5 aromatic rings. The molecule has 1 aromatic carbocycles. The Kier molecular flexibility index (Phi) is 5.39. The number of fused-ring (bicyclic) bond motifs is 2. The molecule has 5 heterocycles. The van der Waals surface area contributed by atoms with Crippen molar-refractivity contribution in [3.8, 4) is 11.4 Å². The number of H-pyrrole nitrogens is 2. The molecular weight excluding hydrogens is 461 g/mol. The fraction of sp³-hybridized carbons (Fsp3) is 0.320. The molecular formula is C25H26FN9O. The van der Waals surface area contributed by atoms with Crippen molar-refractivity contribution in [1.29, 1.82) is 0 Å². The van der Waals surface area contributed by atoms with Gasteiger partial charge in [-0.2, -0.15) is 5.10 Å². The zero-order valence-corrected chi connectivity index (χ0v) is 20.0. The number of pyridine rings is 1. The minimum atomic E-state index is -0.366. The summed E-state index contributed by atoms with van der Waals surface area (Å²) in [5.74, 6) is 0.468. The molecule has 1 unspecified atom stereocenters. The predicted molar refractivity (Wildman–Crippen MR) is 137 cm³/mol. The van der Waals surface area contributed by atoms with Gasteiger partial charge in [0.15, 0.2) is 5.82 Å². The van der Waals surface area contributed by atoms with Gasteiger partial charge < -0.3 is 20.2 Å². The van der Waals surface area contributed by atoms with Gasteiger partial charge in [-0.15, -0.1) is 0 Å². The van der Waals surface area contributed by atoms with Crippen LogP contribution in [0.2, 0.25) is 0 Å². The Hall–Kier alpha value is -4.28. The van der Waals surface area contributed by atoms with E-state index in [1.807, 2.05) is 6.92 Å². The van der Waals surface area contributed by atoms with Crippen molar-refractivity contribution in [2.45, 2.75) is 32.2 Å². The van der Waals surface area contributed by atoms with Gasteiger partial charge in [-0.05, 0) is 44.4 Å². The van der Waals surface area contributed by atoms with E-state index in [2.05, 4.69) is 40.2 Å². The van der Waals surface area contributed by atoms with Crippen molar-refractivity contribution in [3.05, 3.63) is 58.8 Å². The van der Waals surface area contributed by atoms with Gasteiger partial charge in [-0.25, -0.2) is 19.3 Å². The van der Waals surface area contributed by atoms with Gasteiger partial charge in [0.05, 0.1) is 28.5 Å². The Bertz CT molecular complexity index is 1620. The lowest BCUT2D eigenvalue weighted by molar-refractivity contribution is 0.559. The van der Waals surface area contributed by atoms with Gasteiger partial charge >= 0.3 is 0 Å². The van der Waals surface area contributed by atoms with E-state index in [9.17, 15) is 4.79 Å². The van der Waals surface area contributed by atoms with Crippen LogP contribution in [0.25, 0.3) is 33.5 Å². The average Bonchev–Trinajstić information content (AvgIpc) is 3.48. The Morgan fingerprint density at radius 3 is 2.67 bits per heavy atom.